The van der Waals surface area contributed by atoms with Crippen LogP contribution in [0.1, 0.15) is 11.1 Å². The second-order valence-electron chi connectivity index (χ2n) is 4.16. The van der Waals surface area contributed by atoms with E-state index in [1.807, 2.05) is 6.07 Å². The third-order valence-electron chi connectivity index (χ3n) is 2.71. The Bertz CT molecular complexity index is 427. The highest BCUT2D eigenvalue weighted by molar-refractivity contribution is 7.17. The van der Waals surface area contributed by atoms with Crippen molar-refractivity contribution in [3.05, 3.63) is 71.8 Å². The first kappa shape index (κ1) is 12.3. The van der Waals surface area contributed by atoms with Crippen LogP contribution in [0.15, 0.2) is 60.7 Å². The van der Waals surface area contributed by atoms with Crippen molar-refractivity contribution in [1.29, 1.82) is 0 Å². The van der Waals surface area contributed by atoms with Gasteiger partial charge < -0.3 is 5.32 Å². The molecule has 0 aliphatic rings. The van der Waals surface area contributed by atoms with E-state index in [1.165, 1.54) is 11.1 Å². The van der Waals surface area contributed by atoms with Crippen LogP contribution in [0.4, 0.5) is 0 Å². The van der Waals surface area contributed by atoms with Crippen molar-refractivity contribution in [2.45, 2.75) is 18.7 Å². The molecule has 0 spiro atoms. The van der Waals surface area contributed by atoms with Crippen LogP contribution in [0, 0.1) is 0 Å². The molecule has 0 aromatic heterocycles. The molecule has 2 aromatic rings. The average molecular weight is 243 g/mol. The molecule has 0 heterocycles. The van der Waals surface area contributed by atoms with Crippen LogP contribution in [0.5, 0.6) is 0 Å². The lowest BCUT2D eigenvalue weighted by Crippen LogP contribution is -2.24. The Balaban J connectivity index is 1.80. The van der Waals surface area contributed by atoms with Crippen molar-refractivity contribution < 1.29 is 0 Å². The van der Waals surface area contributed by atoms with Gasteiger partial charge in [-0.2, -0.15) is 0 Å². The summed E-state index contributed by atoms with van der Waals surface area (Å²) in [5, 5.41) is 3.51. The van der Waals surface area contributed by atoms with Gasteiger partial charge in [-0.15, -0.1) is 9.24 Å². The third kappa shape index (κ3) is 4.30. The SMILES string of the molecule is PC(Cc1ccccc1)NCc1ccccc1. The maximum Gasteiger partial charge on any atom is 0.0254 e. The molecule has 2 heteroatoms. The lowest BCUT2D eigenvalue weighted by Gasteiger charge is -2.13. The Morgan fingerprint density at radius 1 is 0.824 bits per heavy atom. The van der Waals surface area contributed by atoms with Gasteiger partial charge in [0, 0.05) is 12.3 Å². The Labute approximate surface area is 105 Å². The van der Waals surface area contributed by atoms with Crippen molar-refractivity contribution in [3.8, 4) is 0 Å². The van der Waals surface area contributed by atoms with Crippen molar-refractivity contribution in [2.75, 3.05) is 0 Å². The molecule has 17 heavy (non-hydrogen) atoms. The van der Waals surface area contributed by atoms with Crippen molar-refractivity contribution >= 4 is 9.24 Å². The van der Waals surface area contributed by atoms with E-state index >= 15 is 0 Å². The molecule has 2 atom stereocenters. The summed E-state index contributed by atoms with van der Waals surface area (Å²) in [6.07, 6.45) is 1.04. The second kappa shape index (κ2) is 6.54. The smallest absolute Gasteiger partial charge is 0.0254 e. The van der Waals surface area contributed by atoms with E-state index < -0.39 is 0 Å². The quantitative estimate of drug-likeness (QED) is 0.795. The van der Waals surface area contributed by atoms with Gasteiger partial charge in [0.05, 0.1) is 0 Å². The van der Waals surface area contributed by atoms with Crippen molar-refractivity contribution in [1.82, 2.24) is 5.32 Å². The largest absolute Gasteiger partial charge is 0.306 e. The van der Waals surface area contributed by atoms with Crippen molar-refractivity contribution in [3.63, 3.8) is 0 Å². The normalized spacial score (nSPS) is 12.3. The topological polar surface area (TPSA) is 12.0 Å². The molecule has 0 saturated carbocycles. The average Bonchev–Trinajstić information content (AvgIpc) is 2.39. The fourth-order valence-electron chi connectivity index (χ4n) is 1.79. The fraction of sp³-hybridized carbons (Fsp3) is 0.200. The number of rotatable bonds is 5. The standard InChI is InChI=1S/C15H18NP/c17-15(11-13-7-3-1-4-8-13)16-12-14-9-5-2-6-10-14/h1-10,15-16H,11-12,17H2. The zero-order valence-electron chi connectivity index (χ0n) is 9.84. The van der Waals surface area contributed by atoms with Gasteiger partial charge in [0.25, 0.3) is 0 Å². The molecule has 2 unspecified atom stereocenters. The highest BCUT2D eigenvalue weighted by Crippen LogP contribution is 2.08. The van der Waals surface area contributed by atoms with E-state index in [1.54, 1.807) is 0 Å². The minimum Gasteiger partial charge on any atom is -0.306 e. The Morgan fingerprint density at radius 2 is 1.35 bits per heavy atom. The summed E-state index contributed by atoms with van der Waals surface area (Å²) in [5.74, 6) is 0.414. The lowest BCUT2D eigenvalue weighted by atomic mass is 10.1. The molecule has 0 fully saturated rings. The third-order valence-corrected chi connectivity index (χ3v) is 3.18. The molecule has 0 aliphatic heterocycles. The predicted octanol–water partition coefficient (Wildman–Crippen LogP) is 3.22. The number of nitrogens with one attached hydrogen (secondary N) is 1. The number of benzene rings is 2. The van der Waals surface area contributed by atoms with E-state index in [4.69, 9.17) is 0 Å². The first-order chi connectivity index (χ1) is 8.34. The molecule has 1 N–H and O–H groups in total. The Kier molecular flexibility index (Phi) is 4.73. The first-order valence-corrected chi connectivity index (χ1v) is 6.58. The van der Waals surface area contributed by atoms with Gasteiger partial charge in [-0.25, -0.2) is 0 Å². The number of hydrogen-bond acceptors (Lipinski definition) is 1. The summed E-state index contributed by atoms with van der Waals surface area (Å²) in [4.78, 5) is 0. The maximum atomic E-state index is 3.51. The molecule has 0 radical (unpaired) electrons. The highest BCUT2D eigenvalue weighted by atomic mass is 31.0. The van der Waals surface area contributed by atoms with Crippen molar-refractivity contribution in [2.24, 2.45) is 0 Å². The molecular weight excluding hydrogens is 225 g/mol. The van der Waals surface area contributed by atoms with Crippen LogP contribution in [0.2, 0.25) is 0 Å². The van der Waals surface area contributed by atoms with E-state index in [9.17, 15) is 0 Å². The summed E-state index contributed by atoms with van der Waals surface area (Å²) in [6.45, 7) is 0.918. The van der Waals surface area contributed by atoms with Crippen LogP contribution in [-0.2, 0) is 13.0 Å². The molecule has 2 aromatic carbocycles. The summed E-state index contributed by atoms with van der Waals surface area (Å²) in [5.41, 5.74) is 2.70. The molecule has 1 nitrogen and oxygen atoms in total. The monoisotopic (exact) mass is 243 g/mol. The van der Waals surface area contributed by atoms with E-state index in [2.05, 4.69) is 69.2 Å². The molecule has 0 amide bonds. The van der Waals surface area contributed by atoms with E-state index in [0.717, 1.165) is 13.0 Å². The summed E-state index contributed by atoms with van der Waals surface area (Å²) >= 11 is 0. The summed E-state index contributed by atoms with van der Waals surface area (Å²) in [6, 6.07) is 21.1. The van der Waals surface area contributed by atoms with Gasteiger partial charge in [0.15, 0.2) is 0 Å². The van der Waals surface area contributed by atoms with Crippen LogP contribution in [0.3, 0.4) is 0 Å². The molecule has 0 aliphatic carbocycles. The first-order valence-electron chi connectivity index (χ1n) is 5.91. The molecule has 2 rings (SSSR count). The zero-order chi connectivity index (χ0) is 11.9. The minimum absolute atomic E-state index is 0.414. The van der Waals surface area contributed by atoms with Gasteiger partial charge in [0.1, 0.15) is 0 Å². The second-order valence-corrected chi connectivity index (χ2v) is 4.97. The lowest BCUT2D eigenvalue weighted by molar-refractivity contribution is 0.645. The minimum atomic E-state index is 0.414. The van der Waals surface area contributed by atoms with Gasteiger partial charge in [-0.05, 0) is 17.5 Å². The van der Waals surface area contributed by atoms with Gasteiger partial charge >= 0.3 is 0 Å². The zero-order valence-corrected chi connectivity index (χ0v) is 11.0. The van der Waals surface area contributed by atoms with E-state index in [0.29, 0.717) is 5.78 Å². The Morgan fingerprint density at radius 3 is 1.94 bits per heavy atom. The predicted molar refractivity (Wildman–Crippen MR) is 76.9 cm³/mol. The van der Waals surface area contributed by atoms with Crippen LogP contribution in [-0.4, -0.2) is 5.78 Å². The van der Waals surface area contributed by atoms with Crippen LogP contribution < -0.4 is 5.32 Å². The van der Waals surface area contributed by atoms with E-state index in [-0.39, 0.29) is 0 Å². The van der Waals surface area contributed by atoms with Gasteiger partial charge in [0.2, 0.25) is 0 Å². The van der Waals surface area contributed by atoms with Crippen LogP contribution in [0.25, 0.3) is 0 Å². The highest BCUT2D eigenvalue weighted by Gasteiger charge is 2.02. The molecule has 0 bridgehead atoms. The number of hydrogen-bond donors (Lipinski definition) is 1. The summed E-state index contributed by atoms with van der Waals surface area (Å²) < 4.78 is 0. The summed E-state index contributed by atoms with van der Waals surface area (Å²) in [7, 11) is 2.87. The van der Waals surface area contributed by atoms with Gasteiger partial charge in [-0.1, -0.05) is 60.7 Å². The molecular formula is C15H18NP. The maximum absolute atomic E-state index is 3.51. The molecule has 0 saturated heterocycles. The fourth-order valence-corrected chi connectivity index (χ4v) is 2.18. The Hall–Kier alpha value is -1.17. The van der Waals surface area contributed by atoms with Crippen LogP contribution >= 0.6 is 9.24 Å². The molecule has 88 valence electrons. The van der Waals surface area contributed by atoms with Gasteiger partial charge in [-0.3, -0.25) is 0 Å².